The molecule has 0 bridgehead atoms. The molecular formula is C22H17F3N4O4S. The number of hydrogen-bond donors (Lipinski definition) is 1. The largest absolute Gasteiger partial charge is 0.501 e. The number of amides is 3. The predicted octanol–water partition coefficient (Wildman–Crippen LogP) is 3.49. The van der Waals surface area contributed by atoms with Gasteiger partial charge in [-0.2, -0.15) is 13.2 Å². The number of alkyl halides is 3. The van der Waals surface area contributed by atoms with Crippen LogP contribution in [0.2, 0.25) is 0 Å². The van der Waals surface area contributed by atoms with E-state index in [1.807, 2.05) is 6.07 Å². The van der Waals surface area contributed by atoms with E-state index in [0.29, 0.717) is 29.1 Å². The van der Waals surface area contributed by atoms with Crippen LogP contribution in [0.15, 0.2) is 71.9 Å². The summed E-state index contributed by atoms with van der Waals surface area (Å²) in [6.45, 7) is 1.52. The van der Waals surface area contributed by atoms with Crippen LogP contribution in [0, 0.1) is 0 Å². The number of sulfone groups is 1. The Labute approximate surface area is 192 Å². The van der Waals surface area contributed by atoms with Crippen molar-refractivity contribution in [3.8, 4) is 11.4 Å². The Kier molecular flexibility index (Phi) is 5.64. The maximum atomic E-state index is 13.2. The predicted molar refractivity (Wildman–Crippen MR) is 115 cm³/mol. The van der Waals surface area contributed by atoms with Crippen LogP contribution in [0.4, 0.5) is 23.7 Å². The lowest BCUT2D eigenvalue weighted by Gasteiger charge is -2.22. The zero-order valence-electron chi connectivity index (χ0n) is 17.6. The lowest BCUT2D eigenvalue weighted by atomic mass is 9.92. The molecule has 1 fully saturated rings. The molecule has 3 amide bonds. The maximum absolute atomic E-state index is 13.2. The van der Waals surface area contributed by atoms with Crippen LogP contribution in [0.5, 0.6) is 0 Å². The normalized spacial score (nSPS) is 18.8. The van der Waals surface area contributed by atoms with E-state index in [0.717, 1.165) is 17.0 Å². The summed E-state index contributed by atoms with van der Waals surface area (Å²) in [4.78, 5) is 34.0. The summed E-state index contributed by atoms with van der Waals surface area (Å²) in [6, 6.07) is 11.4. The Bertz CT molecular complexity index is 1360. The number of benzene rings is 1. The van der Waals surface area contributed by atoms with E-state index in [4.69, 9.17) is 0 Å². The van der Waals surface area contributed by atoms with Gasteiger partial charge in [0, 0.05) is 18.8 Å². The first-order valence-electron chi connectivity index (χ1n) is 9.87. The number of carbonyl (C=O) groups is 2. The van der Waals surface area contributed by atoms with Gasteiger partial charge in [-0.25, -0.2) is 18.1 Å². The minimum atomic E-state index is -5.55. The van der Waals surface area contributed by atoms with E-state index in [1.54, 1.807) is 36.7 Å². The second kappa shape index (κ2) is 8.20. The van der Waals surface area contributed by atoms with Crippen LogP contribution in [-0.2, 0) is 21.1 Å². The highest BCUT2D eigenvalue weighted by Crippen LogP contribution is 2.33. The Morgan fingerprint density at radius 2 is 1.65 bits per heavy atom. The van der Waals surface area contributed by atoms with Crippen LogP contribution in [0.1, 0.15) is 12.5 Å². The van der Waals surface area contributed by atoms with Crippen molar-refractivity contribution in [1.82, 2.24) is 15.3 Å². The van der Waals surface area contributed by atoms with Gasteiger partial charge >= 0.3 is 11.5 Å². The van der Waals surface area contributed by atoms with Gasteiger partial charge in [-0.1, -0.05) is 6.07 Å². The molecule has 3 aromatic rings. The van der Waals surface area contributed by atoms with E-state index < -0.39 is 37.7 Å². The van der Waals surface area contributed by atoms with Gasteiger partial charge in [-0.3, -0.25) is 14.8 Å². The summed E-state index contributed by atoms with van der Waals surface area (Å²) in [7, 11) is -5.55. The molecule has 1 aliphatic heterocycles. The third-order valence-corrected chi connectivity index (χ3v) is 6.78. The number of pyridine rings is 2. The highest BCUT2D eigenvalue weighted by atomic mass is 32.2. The van der Waals surface area contributed by atoms with E-state index in [9.17, 15) is 31.2 Å². The molecule has 3 heterocycles. The number of imide groups is 1. The van der Waals surface area contributed by atoms with Gasteiger partial charge in [0.05, 0.1) is 22.0 Å². The fourth-order valence-corrected chi connectivity index (χ4v) is 4.36. The molecule has 2 aromatic heterocycles. The summed E-state index contributed by atoms with van der Waals surface area (Å²) in [5.41, 5.74) is -4.97. The number of nitrogens with one attached hydrogen (secondary N) is 1. The van der Waals surface area contributed by atoms with Crippen molar-refractivity contribution in [3.63, 3.8) is 0 Å². The van der Waals surface area contributed by atoms with Gasteiger partial charge in [0.2, 0.25) is 0 Å². The molecule has 0 radical (unpaired) electrons. The number of aromatic nitrogens is 2. The number of rotatable bonds is 5. The second-order valence-corrected chi connectivity index (χ2v) is 9.73. The molecule has 176 valence electrons. The van der Waals surface area contributed by atoms with Gasteiger partial charge in [0.15, 0.2) is 0 Å². The maximum Gasteiger partial charge on any atom is 0.501 e. The van der Waals surface area contributed by atoms with Crippen LogP contribution in [0.3, 0.4) is 0 Å². The first-order valence-corrected chi connectivity index (χ1v) is 11.4. The van der Waals surface area contributed by atoms with Crippen molar-refractivity contribution in [2.75, 3.05) is 4.90 Å². The van der Waals surface area contributed by atoms with E-state index >= 15 is 0 Å². The minimum Gasteiger partial charge on any atom is -0.323 e. The zero-order valence-corrected chi connectivity index (χ0v) is 18.4. The SMILES string of the molecule is CC1(Cc2ccnc(-c3ccccn3)c2)NC(=O)N(c2ccc(S(=O)(=O)C(F)(F)F)cc2)C1=O. The molecule has 1 atom stereocenters. The summed E-state index contributed by atoms with van der Waals surface area (Å²) >= 11 is 0. The van der Waals surface area contributed by atoms with Gasteiger partial charge in [0.1, 0.15) is 5.54 Å². The van der Waals surface area contributed by atoms with E-state index in [-0.39, 0.29) is 12.1 Å². The first-order chi connectivity index (χ1) is 15.9. The van der Waals surface area contributed by atoms with Gasteiger partial charge < -0.3 is 5.32 Å². The quantitative estimate of drug-likeness (QED) is 0.549. The fourth-order valence-electron chi connectivity index (χ4n) is 3.59. The number of nitrogens with zero attached hydrogens (tertiary/aromatic N) is 3. The number of hydrogen-bond acceptors (Lipinski definition) is 6. The standard InChI is InChI=1S/C22H17F3N4O4S/c1-21(13-14-9-11-27-18(12-14)17-4-2-3-10-26-17)19(30)29(20(31)28-21)15-5-7-16(8-6-15)34(32,33)22(23,24)25/h2-12H,13H2,1H3,(H,28,31). The van der Waals surface area contributed by atoms with Crippen LogP contribution >= 0.6 is 0 Å². The Balaban J connectivity index is 1.58. The zero-order chi connectivity index (χ0) is 24.7. The molecule has 1 N–H and O–H groups in total. The molecular weight excluding hydrogens is 473 g/mol. The number of anilines is 1. The molecule has 8 nitrogen and oxygen atoms in total. The molecule has 0 spiro atoms. The lowest BCUT2D eigenvalue weighted by molar-refractivity contribution is -0.121. The summed E-state index contributed by atoms with van der Waals surface area (Å²) in [6.07, 6.45) is 3.29. The van der Waals surface area contributed by atoms with Crippen LogP contribution in [0.25, 0.3) is 11.4 Å². The van der Waals surface area contributed by atoms with Gasteiger partial charge in [0.25, 0.3) is 15.7 Å². The molecule has 1 unspecified atom stereocenters. The Morgan fingerprint density at radius 3 is 2.26 bits per heavy atom. The highest BCUT2D eigenvalue weighted by Gasteiger charge is 2.49. The molecule has 1 aromatic carbocycles. The molecule has 0 aliphatic carbocycles. The van der Waals surface area contributed by atoms with Crippen molar-refractivity contribution in [1.29, 1.82) is 0 Å². The topological polar surface area (TPSA) is 109 Å². The van der Waals surface area contributed by atoms with Crippen molar-refractivity contribution in [3.05, 3.63) is 72.6 Å². The van der Waals surface area contributed by atoms with Crippen molar-refractivity contribution in [2.45, 2.75) is 29.3 Å². The molecule has 34 heavy (non-hydrogen) atoms. The first kappa shape index (κ1) is 23.4. The monoisotopic (exact) mass is 490 g/mol. The van der Waals surface area contributed by atoms with Crippen molar-refractivity contribution in [2.24, 2.45) is 0 Å². The fraction of sp³-hybridized carbons (Fsp3) is 0.182. The smallest absolute Gasteiger partial charge is 0.323 e. The number of urea groups is 1. The average Bonchev–Trinajstić information content (AvgIpc) is 3.01. The van der Waals surface area contributed by atoms with Crippen LogP contribution < -0.4 is 10.2 Å². The molecule has 1 aliphatic rings. The molecule has 1 saturated heterocycles. The molecule has 12 heteroatoms. The van der Waals surface area contributed by atoms with E-state index in [2.05, 4.69) is 15.3 Å². The third-order valence-electron chi connectivity index (χ3n) is 5.28. The summed E-state index contributed by atoms with van der Waals surface area (Å²) in [5, 5.41) is 2.61. The Hall–Kier alpha value is -3.80. The highest BCUT2D eigenvalue weighted by molar-refractivity contribution is 7.92. The number of halogens is 3. The summed E-state index contributed by atoms with van der Waals surface area (Å²) in [5.74, 6) is -0.639. The van der Waals surface area contributed by atoms with Gasteiger partial charge in [-0.05, 0) is 61.0 Å². The van der Waals surface area contributed by atoms with E-state index in [1.165, 1.54) is 6.92 Å². The third kappa shape index (κ3) is 4.12. The lowest BCUT2D eigenvalue weighted by Crippen LogP contribution is -2.46. The number of carbonyl (C=O) groups excluding carboxylic acids is 2. The van der Waals surface area contributed by atoms with Crippen molar-refractivity contribution >= 4 is 27.5 Å². The molecule has 0 saturated carbocycles. The van der Waals surface area contributed by atoms with Gasteiger partial charge in [-0.15, -0.1) is 0 Å². The second-order valence-electron chi connectivity index (χ2n) is 7.79. The van der Waals surface area contributed by atoms with Crippen molar-refractivity contribution < 1.29 is 31.2 Å². The average molecular weight is 490 g/mol. The van der Waals surface area contributed by atoms with Crippen LogP contribution in [-0.4, -0.2) is 41.4 Å². The minimum absolute atomic E-state index is 0.0590. The summed E-state index contributed by atoms with van der Waals surface area (Å²) < 4.78 is 61.4. The molecule has 4 rings (SSSR count). The Morgan fingerprint density at radius 1 is 0.971 bits per heavy atom.